The second kappa shape index (κ2) is 8.82. The summed E-state index contributed by atoms with van der Waals surface area (Å²) in [6, 6.07) is 6.59. The van der Waals surface area contributed by atoms with Crippen LogP contribution in [0.3, 0.4) is 0 Å². The second-order valence-electron chi connectivity index (χ2n) is 5.14. The molecule has 0 aromatic heterocycles. The van der Waals surface area contributed by atoms with Gasteiger partial charge in [0.15, 0.2) is 0 Å². The van der Waals surface area contributed by atoms with Gasteiger partial charge in [-0.25, -0.2) is 0 Å². The molecule has 114 valence electrons. The Morgan fingerprint density at radius 2 is 1.75 bits per heavy atom. The van der Waals surface area contributed by atoms with E-state index in [9.17, 15) is 0 Å². The van der Waals surface area contributed by atoms with Crippen molar-refractivity contribution in [3.8, 4) is 11.5 Å². The first kappa shape index (κ1) is 16.8. The first-order valence-electron chi connectivity index (χ1n) is 7.23. The fraction of sp³-hybridized carbons (Fsp3) is 0.625. The molecule has 0 saturated carbocycles. The van der Waals surface area contributed by atoms with Gasteiger partial charge < -0.3 is 19.7 Å². The Labute approximate surface area is 123 Å². The van der Waals surface area contributed by atoms with Crippen LogP contribution in [0.2, 0.25) is 0 Å². The monoisotopic (exact) mass is 280 g/mol. The van der Waals surface area contributed by atoms with E-state index in [4.69, 9.17) is 9.47 Å². The van der Waals surface area contributed by atoms with Crippen molar-refractivity contribution in [3.63, 3.8) is 0 Å². The molecule has 1 unspecified atom stereocenters. The van der Waals surface area contributed by atoms with Crippen molar-refractivity contribution in [2.45, 2.75) is 32.9 Å². The van der Waals surface area contributed by atoms with Crippen LogP contribution in [0, 0.1) is 0 Å². The van der Waals surface area contributed by atoms with E-state index in [-0.39, 0.29) is 0 Å². The standard InChI is InChI=1S/C16H28N2O2/c1-6-13(2)18(3)8-7-17-12-14-9-15(19-4)11-16(10-14)20-5/h9-11,13,17H,6-8,12H2,1-5H3. The van der Waals surface area contributed by atoms with Gasteiger partial charge in [0.1, 0.15) is 11.5 Å². The highest BCUT2D eigenvalue weighted by molar-refractivity contribution is 5.38. The molecule has 0 heterocycles. The van der Waals surface area contributed by atoms with Crippen molar-refractivity contribution < 1.29 is 9.47 Å². The molecule has 0 fully saturated rings. The van der Waals surface area contributed by atoms with E-state index in [1.54, 1.807) is 14.2 Å². The Bertz CT molecular complexity index is 374. The maximum atomic E-state index is 5.27. The first-order chi connectivity index (χ1) is 9.60. The number of hydrogen-bond acceptors (Lipinski definition) is 4. The van der Waals surface area contributed by atoms with Crippen molar-refractivity contribution >= 4 is 0 Å². The summed E-state index contributed by atoms with van der Waals surface area (Å²) >= 11 is 0. The SMILES string of the molecule is CCC(C)N(C)CCNCc1cc(OC)cc(OC)c1. The van der Waals surface area contributed by atoms with Gasteiger partial charge in [0.05, 0.1) is 14.2 Å². The van der Waals surface area contributed by atoms with Crippen LogP contribution in [0.25, 0.3) is 0 Å². The summed E-state index contributed by atoms with van der Waals surface area (Å²) in [4.78, 5) is 2.37. The Hall–Kier alpha value is -1.26. The zero-order chi connectivity index (χ0) is 15.0. The van der Waals surface area contributed by atoms with Crippen molar-refractivity contribution in [2.75, 3.05) is 34.4 Å². The molecule has 1 rings (SSSR count). The summed E-state index contributed by atoms with van der Waals surface area (Å²) in [6.07, 6.45) is 1.18. The molecule has 4 heteroatoms. The molecule has 0 aliphatic carbocycles. The molecule has 0 bridgehead atoms. The van der Waals surface area contributed by atoms with Crippen molar-refractivity contribution in [1.29, 1.82) is 0 Å². The minimum absolute atomic E-state index is 0.633. The molecule has 0 amide bonds. The number of hydrogen-bond donors (Lipinski definition) is 1. The van der Waals surface area contributed by atoms with Gasteiger partial charge in [-0.15, -0.1) is 0 Å². The quantitative estimate of drug-likeness (QED) is 0.705. The minimum Gasteiger partial charge on any atom is -0.497 e. The largest absolute Gasteiger partial charge is 0.497 e. The van der Waals surface area contributed by atoms with Gasteiger partial charge in [-0.3, -0.25) is 0 Å². The van der Waals surface area contributed by atoms with Gasteiger partial charge in [-0.05, 0) is 38.1 Å². The van der Waals surface area contributed by atoms with Crippen LogP contribution >= 0.6 is 0 Å². The summed E-state index contributed by atoms with van der Waals surface area (Å²) in [5.74, 6) is 1.66. The predicted molar refractivity (Wildman–Crippen MR) is 83.6 cm³/mol. The average Bonchev–Trinajstić information content (AvgIpc) is 2.49. The van der Waals surface area contributed by atoms with E-state index in [0.717, 1.165) is 31.1 Å². The maximum Gasteiger partial charge on any atom is 0.122 e. The lowest BCUT2D eigenvalue weighted by atomic mass is 10.2. The van der Waals surface area contributed by atoms with E-state index >= 15 is 0 Å². The van der Waals surface area contributed by atoms with E-state index in [1.165, 1.54) is 12.0 Å². The number of ether oxygens (including phenoxy) is 2. The number of nitrogens with one attached hydrogen (secondary N) is 1. The maximum absolute atomic E-state index is 5.27. The van der Waals surface area contributed by atoms with Crippen molar-refractivity contribution in [2.24, 2.45) is 0 Å². The highest BCUT2D eigenvalue weighted by atomic mass is 16.5. The lowest BCUT2D eigenvalue weighted by molar-refractivity contribution is 0.251. The van der Waals surface area contributed by atoms with Crippen LogP contribution in [0.4, 0.5) is 0 Å². The van der Waals surface area contributed by atoms with Gasteiger partial charge in [-0.1, -0.05) is 6.92 Å². The lowest BCUT2D eigenvalue weighted by Crippen LogP contribution is -2.34. The molecule has 0 aliphatic heterocycles. The van der Waals surface area contributed by atoms with E-state index in [0.29, 0.717) is 6.04 Å². The van der Waals surface area contributed by atoms with Crippen LogP contribution < -0.4 is 14.8 Å². The number of rotatable bonds is 9. The van der Waals surface area contributed by atoms with Crippen LogP contribution in [0.5, 0.6) is 11.5 Å². The Balaban J connectivity index is 2.42. The molecule has 1 N–H and O–H groups in total. The Morgan fingerprint density at radius 1 is 1.15 bits per heavy atom. The van der Waals surface area contributed by atoms with Gasteiger partial charge in [-0.2, -0.15) is 0 Å². The van der Waals surface area contributed by atoms with Crippen LogP contribution in [0.15, 0.2) is 18.2 Å². The zero-order valence-corrected chi connectivity index (χ0v) is 13.4. The van der Waals surface area contributed by atoms with Crippen molar-refractivity contribution in [3.05, 3.63) is 23.8 Å². The summed E-state index contributed by atoms with van der Waals surface area (Å²) in [5.41, 5.74) is 1.17. The highest BCUT2D eigenvalue weighted by Crippen LogP contribution is 2.22. The van der Waals surface area contributed by atoms with Crippen LogP contribution in [-0.4, -0.2) is 45.3 Å². The second-order valence-corrected chi connectivity index (χ2v) is 5.14. The van der Waals surface area contributed by atoms with Gasteiger partial charge in [0.25, 0.3) is 0 Å². The zero-order valence-electron chi connectivity index (χ0n) is 13.4. The molecule has 1 aromatic rings. The molecule has 1 aromatic carbocycles. The van der Waals surface area contributed by atoms with Gasteiger partial charge in [0, 0.05) is 31.7 Å². The third-order valence-corrected chi connectivity index (χ3v) is 3.72. The summed E-state index contributed by atoms with van der Waals surface area (Å²) in [7, 11) is 5.52. The summed E-state index contributed by atoms with van der Waals surface area (Å²) in [5, 5.41) is 3.46. The number of likely N-dealkylation sites (N-methyl/N-ethyl adjacent to an activating group) is 1. The van der Waals surface area contributed by atoms with Gasteiger partial charge in [0.2, 0.25) is 0 Å². The molecule has 0 saturated heterocycles. The number of benzene rings is 1. The summed E-state index contributed by atoms with van der Waals surface area (Å²) < 4.78 is 10.5. The topological polar surface area (TPSA) is 33.7 Å². The van der Waals surface area contributed by atoms with E-state index in [2.05, 4.69) is 31.1 Å². The van der Waals surface area contributed by atoms with E-state index in [1.807, 2.05) is 18.2 Å². The molecule has 1 atom stereocenters. The molecule has 0 spiro atoms. The van der Waals surface area contributed by atoms with E-state index < -0.39 is 0 Å². The van der Waals surface area contributed by atoms with Gasteiger partial charge >= 0.3 is 0 Å². The minimum atomic E-state index is 0.633. The smallest absolute Gasteiger partial charge is 0.122 e. The first-order valence-corrected chi connectivity index (χ1v) is 7.23. The fourth-order valence-electron chi connectivity index (χ4n) is 1.99. The highest BCUT2D eigenvalue weighted by Gasteiger charge is 2.06. The Morgan fingerprint density at radius 3 is 2.25 bits per heavy atom. The Kier molecular flexibility index (Phi) is 7.41. The molecule has 0 radical (unpaired) electrons. The lowest BCUT2D eigenvalue weighted by Gasteiger charge is -2.23. The molecule has 4 nitrogen and oxygen atoms in total. The third-order valence-electron chi connectivity index (χ3n) is 3.72. The molecule has 0 aliphatic rings. The van der Waals surface area contributed by atoms with Crippen LogP contribution in [-0.2, 0) is 6.54 Å². The molecule has 20 heavy (non-hydrogen) atoms. The molecular weight excluding hydrogens is 252 g/mol. The van der Waals surface area contributed by atoms with Crippen LogP contribution in [0.1, 0.15) is 25.8 Å². The fourth-order valence-corrected chi connectivity index (χ4v) is 1.99. The number of nitrogens with zero attached hydrogens (tertiary/aromatic N) is 1. The predicted octanol–water partition coefficient (Wildman–Crippen LogP) is 2.52. The molecular formula is C16H28N2O2. The van der Waals surface area contributed by atoms with Crippen molar-refractivity contribution in [1.82, 2.24) is 10.2 Å². The normalized spacial score (nSPS) is 12.5. The summed E-state index contributed by atoms with van der Waals surface area (Å²) in [6.45, 7) is 7.32. The average molecular weight is 280 g/mol. The number of methoxy groups -OCH3 is 2. The third kappa shape index (κ3) is 5.39.